The number of nitrogens with one attached hydrogen (secondary N) is 2. The lowest BCUT2D eigenvalue weighted by molar-refractivity contribution is -0.123. The van der Waals surface area contributed by atoms with Crippen molar-refractivity contribution in [2.45, 2.75) is 110 Å². The fourth-order valence-corrected chi connectivity index (χ4v) is 3.53. The minimum atomic E-state index is -0.543. The lowest BCUT2D eigenvalue weighted by Crippen LogP contribution is -2.47. The summed E-state index contributed by atoms with van der Waals surface area (Å²) in [6.07, 6.45) is 14.7. The van der Waals surface area contributed by atoms with Crippen molar-refractivity contribution in [3.63, 3.8) is 0 Å². The molecule has 2 N–H and O–H groups in total. The second-order valence-corrected chi connectivity index (χ2v) is 8.37. The number of carbonyl (C=O) groups is 2. The summed E-state index contributed by atoms with van der Waals surface area (Å²) in [5.74, 6) is -0.110. The largest absolute Gasteiger partial charge is 0.445 e. The lowest BCUT2D eigenvalue weighted by atomic mass is 10.1. The minimum absolute atomic E-state index is 0.110. The van der Waals surface area contributed by atoms with Gasteiger partial charge in [-0.05, 0) is 18.4 Å². The van der Waals surface area contributed by atoms with Crippen molar-refractivity contribution < 1.29 is 14.3 Å². The van der Waals surface area contributed by atoms with E-state index in [0.717, 1.165) is 31.2 Å². The highest BCUT2D eigenvalue weighted by molar-refractivity contribution is 5.85. The molecule has 0 fully saturated rings. The summed E-state index contributed by atoms with van der Waals surface area (Å²) in [7, 11) is 0. The van der Waals surface area contributed by atoms with Crippen LogP contribution in [0.15, 0.2) is 30.3 Å². The van der Waals surface area contributed by atoms with E-state index in [0.29, 0.717) is 13.0 Å². The van der Waals surface area contributed by atoms with Gasteiger partial charge in [-0.1, -0.05) is 115 Å². The molecule has 2 amide bonds. The van der Waals surface area contributed by atoms with Crippen molar-refractivity contribution >= 4 is 12.0 Å². The average Bonchev–Trinajstić information content (AvgIpc) is 2.79. The number of benzene rings is 1. The fourth-order valence-electron chi connectivity index (χ4n) is 3.53. The Labute approximate surface area is 189 Å². The van der Waals surface area contributed by atoms with Crippen LogP contribution in [0.4, 0.5) is 4.79 Å². The number of rotatable bonds is 18. The molecule has 0 saturated carbocycles. The molecule has 5 nitrogen and oxygen atoms in total. The first-order valence-corrected chi connectivity index (χ1v) is 12.4. The highest BCUT2D eigenvalue weighted by Crippen LogP contribution is 2.10. The molecule has 0 aliphatic heterocycles. The zero-order chi connectivity index (χ0) is 22.6. The first kappa shape index (κ1) is 27.0. The molecule has 1 unspecified atom stereocenters. The third-order valence-electron chi connectivity index (χ3n) is 5.50. The Morgan fingerprint density at radius 2 is 1.39 bits per heavy atom. The van der Waals surface area contributed by atoms with Crippen LogP contribution in [0.3, 0.4) is 0 Å². The van der Waals surface area contributed by atoms with E-state index in [1.807, 2.05) is 30.3 Å². The van der Waals surface area contributed by atoms with Gasteiger partial charge in [-0.25, -0.2) is 4.79 Å². The van der Waals surface area contributed by atoms with Crippen molar-refractivity contribution in [2.75, 3.05) is 6.54 Å². The normalized spacial score (nSPS) is 11.7. The second-order valence-electron chi connectivity index (χ2n) is 8.37. The van der Waals surface area contributed by atoms with Crippen molar-refractivity contribution in [3.05, 3.63) is 35.9 Å². The molecule has 0 saturated heterocycles. The molecular formula is C26H44N2O3. The van der Waals surface area contributed by atoms with Crippen LogP contribution in [0, 0.1) is 0 Å². The minimum Gasteiger partial charge on any atom is -0.445 e. The van der Waals surface area contributed by atoms with Crippen molar-refractivity contribution in [1.82, 2.24) is 10.6 Å². The Balaban J connectivity index is 2.18. The standard InChI is InChI=1S/C26H44N2O3/c1-3-5-7-8-9-10-11-12-13-17-21-27-25(29)24(20-6-4-2)28-26(30)31-22-23-18-15-14-16-19-23/h14-16,18-19,24H,3-13,17,20-22H2,1-2H3,(H,27,29)(H,28,30). The van der Waals surface area contributed by atoms with E-state index in [2.05, 4.69) is 24.5 Å². The average molecular weight is 433 g/mol. The van der Waals surface area contributed by atoms with Crippen LogP contribution in [0.1, 0.15) is 103 Å². The molecule has 1 aromatic rings. The van der Waals surface area contributed by atoms with Crippen molar-refractivity contribution in [1.29, 1.82) is 0 Å². The van der Waals surface area contributed by atoms with Gasteiger partial charge in [0.1, 0.15) is 12.6 Å². The number of unbranched alkanes of at least 4 members (excludes halogenated alkanes) is 10. The number of ether oxygens (including phenoxy) is 1. The summed E-state index contributed by atoms with van der Waals surface area (Å²) in [4.78, 5) is 24.7. The zero-order valence-electron chi connectivity index (χ0n) is 19.8. The van der Waals surface area contributed by atoms with Gasteiger partial charge in [-0.2, -0.15) is 0 Å². The van der Waals surface area contributed by atoms with Gasteiger partial charge in [0.2, 0.25) is 5.91 Å². The number of hydrogen-bond acceptors (Lipinski definition) is 3. The smallest absolute Gasteiger partial charge is 0.408 e. The molecule has 31 heavy (non-hydrogen) atoms. The first-order valence-electron chi connectivity index (χ1n) is 12.4. The van der Waals surface area contributed by atoms with Gasteiger partial charge in [0.15, 0.2) is 0 Å². The maximum atomic E-state index is 12.5. The number of carbonyl (C=O) groups excluding carboxylic acids is 2. The monoisotopic (exact) mass is 432 g/mol. The molecular weight excluding hydrogens is 388 g/mol. The number of hydrogen-bond donors (Lipinski definition) is 2. The molecule has 0 bridgehead atoms. The summed E-state index contributed by atoms with van der Waals surface area (Å²) in [6, 6.07) is 9.00. The molecule has 0 heterocycles. The van der Waals surface area contributed by atoms with E-state index in [1.54, 1.807) is 0 Å². The van der Waals surface area contributed by atoms with Gasteiger partial charge in [0.05, 0.1) is 0 Å². The van der Waals surface area contributed by atoms with Gasteiger partial charge in [-0.3, -0.25) is 4.79 Å². The summed E-state index contributed by atoms with van der Waals surface area (Å²) < 4.78 is 5.27. The van der Waals surface area contributed by atoms with Gasteiger partial charge in [-0.15, -0.1) is 0 Å². The van der Waals surface area contributed by atoms with E-state index in [-0.39, 0.29) is 12.5 Å². The van der Waals surface area contributed by atoms with E-state index < -0.39 is 12.1 Å². The van der Waals surface area contributed by atoms with Gasteiger partial charge >= 0.3 is 6.09 Å². The van der Waals surface area contributed by atoms with Crippen LogP contribution in [-0.4, -0.2) is 24.6 Å². The number of amides is 2. The third kappa shape index (κ3) is 14.6. The number of alkyl carbamates (subject to hydrolysis) is 1. The highest BCUT2D eigenvalue weighted by atomic mass is 16.5. The lowest BCUT2D eigenvalue weighted by Gasteiger charge is -2.18. The SMILES string of the molecule is CCCCCCCCCCCCNC(=O)C(CCCC)NC(=O)OCc1ccccc1. The Bertz CT molecular complexity index is 577. The molecule has 1 atom stereocenters. The predicted molar refractivity (Wildman–Crippen MR) is 128 cm³/mol. The molecule has 1 aromatic carbocycles. The van der Waals surface area contributed by atoms with Crippen LogP contribution in [0.5, 0.6) is 0 Å². The molecule has 0 aliphatic carbocycles. The van der Waals surface area contributed by atoms with Crippen LogP contribution in [-0.2, 0) is 16.1 Å². The van der Waals surface area contributed by atoms with Crippen LogP contribution < -0.4 is 10.6 Å². The topological polar surface area (TPSA) is 67.4 Å². The molecule has 1 rings (SSSR count). The third-order valence-corrected chi connectivity index (χ3v) is 5.50. The maximum absolute atomic E-state index is 12.5. The summed E-state index contributed by atoms with van der Waals surface area (Å²) in [5, 5.41) is 5.73. The Hall–Kier alpha value is -2.04. The molecule has 0 spiro atoms. The van der Waals surface area contributed by atoms with E-state index in [1.165, 1.54) is 51.4 Å². The van der Waals surface area contributed by atoms with Gasteiger partial charge in [0, 0.05) is 6.54 Å². The zero-order valence-corrected chi connectivity index (χ0v) is 19.8. The van der Waals surface area contributed by atoms with Crippen LogP contribution in [0.2, 0.25) is 0 Å². The fraction of sp³-hybridized carbons (Fsp3) is 0.692. The van der Waals surface area contributed by atoms with Crippen LogP contribution >= 0.6 is 0 Å². The summed E-state index contributed by atoms with van der Waals surface area (Å²) in [5.41, 5.74) is 0.924. The Morgan fingerprint density at radius 1 is 0.806 bits per heavy atom. The maximum Gasteiger partial charge on any atom is 0.408 e. The highest BCUT2D eigenvalue weighted by Gasteiger charge is 2.20. The predicted octanol–water partition coefficient (Wildman–Crippen LogP) is 6.51. The summed E-state index contributed by atoms with van der Waals surface area (Å²) in [6.45, 7) is 5.19. The molecule has 0 radical (unpaired) electrons. The van der Waals surface area contributed by atoms with E-state index in [4.69, 9.17) is 4.74 Å². The van der Waals surface area contributed by atoms with E-state index in [9.17, 15) is 9.59 Å². The molecule has 0 aromatic heterocycles. The molecule has 0 aliphatic rings. The van der Waals surface area contributed by atoms with Crippen LogP contribution in [0.25, 0.3) is 0 Å². The second kappa shape index (κ2) is 18.7. The Kier molecular flexibility index (Phi) is 16.3. The van der Waals surface area contributed by atoms with Crippen molar-refractivity contribution in [3.8, 4) is 0 Å². The van der Waals surface area contributed by atoms with Gasteiger partial charge in [0.25, 0.3) is 0 Å². The van der Waals surface area contributed by atoms with Gasteiger partial charge < -0.3 is 15.4 Å². The molecule has 176 valence electrons. The Morgan fingerprint density at radius 3 is 2.00 bits per heavy atom. The first-order chi connectivity index (χ1) is 15.2. The van der Waals surface area contributed by atoms with Crippen molar-refractivity contribution in [2.24, 2.45) is 0 Å². The quantitative estimate of drug-likeness (QED) is 0.260. The van der Waals surface area contributed by atoms with E-state index >= 15 is 0 Å². The molecule has 5 heteroatoms. The summed E-state index contributed by atoms with van der Waals surface area (Å²) >= 11 is 0.